The molecule has 7 nitrogen and oxygen atoms in total. The van der Waals surface area contributed by atoms with Crippen LogP contribution in [0.5, 0.6) is 5.75 Å². The van der Waals surface area contributed by atoms with Crippen LogP contribution in [0.2, 0.25) is 0 Å². The first-order valence-corrected chi connectivity index (χ1v) is 11.8. The van der Waals surface area contributed by atoms with Gasteiger partial charge in [0, 0.05) is 31.6 Å². The van der Waals surface area contributed by atoms with Gasteiger partial charge in [-0.2, -0.15) is 4.31 Å². The molecule has 1 saturated heterocycles. The second-order valence-corrected chi connectivity index (χ2v) is 9.57. The van der Waals surface area contributed by atoms with Crippen LogP contribution in [0.3, 0.4) is 0 Å². The summed E-state index contributed by atoms with van der Waals surface area (Å²) in [5.74, 6) is 1.44. The number of rotatable bonds is 7. The molecule has 29 heavy (non-hydrogen) atoms. The number of furan rings is 1. The molecule has 2 aromatic heterocycles. The van der Waals surface area contributed by atoms with Crippen LogP contribution < -0.4 is 4.74 Å². The lowest BCUT2D eigenvalue weighted by Gasteiger charge is -2.33. The highest BCUT2D eigenvalue weighted by atomic mass is 32.2. The molecule has 1 fully saturated rings. The van der Waals surface area contributed by atoms with Crippen molar-refractivity contribution >= 4 is 21.4 Å². The maximum atomic E-state index is 12.9. The Labute approximate surface area is 174 Å². The molecular formula is C20H23N3O4S2. The summed E-state index contributed by atoms with van der Waals surface area (Å²) < 4.78 is 38.1. The summed E-state index contributed by atoms with van der Waals surface area (Å²) in [6.07, 6.45) is 1.64. The molecule has 1 aromatic carbocycles. The topological polar surface area (TPSA) is 75.9 Å². The van der Waals surface area contributed by atoms with Gasteiger partial charge in [-0.05, 0) is 43.3 Å². The minimum atomic E-state index is -3.49. The van der Waals surface area contributed by atoms with Crippen molar-refractivity contribution in [2.45, 2.75) is 18.4 Å². The van der Waals surface area contributed by atoms with Crippen LogP contribution in [0, 0.1) is 0 Å². The summed E-state index contributed by atoms with van der Waals surface area (Å²) in [7, 11) is -3.49. The summed E-state index contributed by atoms with van der Waals surface area (Å²) >= 11 is 1.59. The van der Waals surface area contributed by atoms with Gasteiger partial charge >= 0.3 is 0 Å². The molecule has 0 amide bonds. The number of thiazole rings is 1. The largest absolute Gasteiger partial charge is 0.494 e. The maximum Gasteiger partial charge on any atom is 0.243 e. The molecule has 0 radical (unpaired) electrons. The number of sulfonamides is 1. The average Bonchev–Trinajstić information content (AvgIpc) is 3.41. The zero-order valence-electron chi connectivity index (χ0n) is 16.2. The molecule has 1 aliphatic rings. The predicted molar refractivity (Wildman–Crippen MR) is 111 cm³/mol. The molecule has 154 valence electrons. The van der Waals surface area contributed by atoms with Crippen molar-refractivity contribution in [1.82, 2.24) is 14.2 Å². The fourth-order valence-electron chi connectivity index (χ4n) is 3.26. The average molecular weight is 434 g/mol. The van der Waals surface area contributed by atoms with Crippen LogP contribution in [-0.2, 0) is 16.6 Å². The number of aromatic nitrogens is 1. The van der Waals surface area contributed by atoms with Crippen molar-refractivity contribution in [2.24, 2.45) is 0 Å². The molecule has 3 heterocycles. The van der Waals surface area contributed by atoms with E-state index in [-0.39, 0.29) is 0 Å². The molecule has 0 bridgehead atoms. The van der Waals surface area contributed by atoms with Crippen molar-refractivity contribution in [1.29, 1.82) is 0 Å². The van der Waals surface area contributed by atoms with E-state index in [4.69, 9.17) is 9.15 Å². The van der Waals surface area contributed by atoms with Crippen LogP contribution in [0.1, 0.15) is 11.9 Å². The molecule has 1 aliphatic heterocycles. The molecular weight excluding hydrogens is 410 g/mol. The lowest BCUT2D eigenvalue weighted by molar-refractivity contribution is 0.181. The van der Waals surface area contributed by atoms with Gasteiger partial charge in [-0.25, -0.2) is 13.4 Å². The summed E-state index contributed by atoms with van der Waals surface area (Å²) in [4.78, 5) is 7.16. The molecule has 0 spiro atoms. The van der Waals surface area contributed by atoms with E-state index in [0.29, 0.717) is 50.0 Å². The maximum absolute atomic E-state index is 12.9. The van der Waals surface area contributed by atoms with Crippen molar-refractivity contribution < 1.29 is 17.6 Å². The Balaban J connectivity index is 1.35. The number of hydrogen-bond acceptors (Lipinski definition) is 7. The Morgan fingerprint density at radius 3 is 2.55 bits per heavy atom. The van der Waals surface area contributed by atoms with Gasteiger partial charge in [0.05, 0.1) is 24.3 Å². The molecule has 4 rings (SSSR count). The van der Waals surface area contributed by atoms with Gasteiger partial charge < -0.3 is 9.15 Å². The van der Waals surface area contributed by atoms with E-state index in [1.807, 2.05) is 24.4 Å². The number of nitrogens with zero attached hydrogens (tertiary/aromatic N) is 3. The Hall–Kier alpha value is -2.20. The van der Waals surface area contributed by atoms with Gasteiger partial charge in [0.25, 0.3) is 0 Å². The zero-order chi connectivity index (χ0) is 20.3. The smallest absolute Gasteiger partial charge is 0.243 e. The summed E-state index contributed by atoms with van der Waals surface area (Å²) in [5.41, 5.74) is 0.840. The van der Waals surface area contributed by atoms with E-state index < -0.39 is 10.0 Å². The number of hydrogen-bond donors (Lipinski definition) is 0. The van der Waals surface area contributed by atoms with Crippen molar-refractivity contribution in [3.8, 4) is 17.2 Å². The first-order valence-electron chi connectivity index (χ1n) is 9.50. The minimum Gasteiger partial charge on any atom is -0.494 e. The van der Waals surface area contributed by atoms with E-state index in [2.05, 4.69) is 9.88 Å². The Morgan fingerprint density at radius 1 is 1.14 bits per heavy atom. The van der Waals surface area contributed by atoms with Gasteiger partial charge in [0.1, 0.15) is 16.5 Å². The van der Waals surface area contributed by atoms with Gasteiger partial charge in [-0.1, -0.05) is 0 Å². The summed E-state index contributed by atoms with van der Waals surface area (Å²) in [6.45, 7) is 5.43. The number of piperazine rings is 1. The molecule has 9 heteroatoms. The SMILES string of the molecule is CCOc1ccc(S(=O)(=O)N2CCN(Cc3nc(-c4ccco4)cs3)CC2)cc1. The number of benzene rings is 1. The highest BCUT2D eigenvalue weighted by Gasteiger charge is 2.28. The first-order chi connectivity index (χ1) is 14.1. The van der Waals surface area contributed by atoms with E-state index in [1.165, 1.54) is 0 Å². The fourth-order valence-corrected chi connectivity index (χ4v) is 5.51. The monoisotopic (exact) mass is 433 g/mol. The van der Waals surface area contributed by atoms with Gasteiger partial charge in [0.2, 0.25) is 10.0 Å². The minimum absolute atomic E-state index is 0.303. The normalized spacial score (nSPS) is 16.2. The quantitative estimate of drug-likeness (QED) is 0.569. The van der Waals surface area contributed by atoms with E-state index in [1.54, 1.807) is 46.2 Å². The summed E-state index contributed by atoms with van der Waals surface area (Å²) in [5, 5.41) is 2.99. The van der Waals surface area contributed by atoms with E-state index in [0.717, 1.165) is 16.5 Å². The third-order valence-electron chi connectivity index (χ3n) is 4.79. The lowest BCUT2D eigenvalue weighted by Crippen LogP contribution is -2.48. The predicted octanol–water partition coefficient (Wildman–Crippen LogP) is 3.31. The van der Waals surface area contributed by atoms with Gasteiger partial charge in [-0.3, -0.25) is 4.90 Å². The third-order valence-corrected chi connectivity index (χ3v) is 7.53. The van der Waals surface area contributed by atoms with Crippen molar-refractivity contribution in [3.05, 3.63) is 53.0 Å². The van der Waals surface area contributed by atoms with Gasteiger partial charge in [0.15, 0.2) is 5.76 Å². The lowest BCUT2D eigenvalue weighted by atomic mass is 10.3. The molecule has 0 aliphatic carbocycles. The van der Waals surface area contributed by atoms with E-state index in [9.17, 15) is 8.42 Å². The van der Waals surface area contributed by atoms with E-state index >= 15 is 0 Å². The van der Waals surface area contributed by atoms with Crippen LogP contribution in [-0.4, -0.2) is 55.4 Å². The van der Waals surface area contributed by atoms with Gasteiger partial charge in [-0.15, -0.1) is 11.3 Å². The standard InChI is InChI=1S/C20H23N3O4S2/c1-2-26-16-5-7-17(8-6-16)29(24,25)23-11-9-22(10-12-23)14-20-21-18(15-28-20)19-4-3-13-27-19/h3-8,13,15H,2,9-12,14H2,1H3. The molecule has 0 atom stereocenters. The number of ether oxygens (including phenoxy) is 1. The Kier molecular flexibility index (Phi) is 6.00. The van der Waals surface area contributed by atoms with Crippen LogP contribution in [0.25, 0.3) is 11.5 Å². The highest BCUT2D eigenvalue weighted by molar-refractivity contribution is 7.89. The van der Waals surface area contributed by atoms with Crippen molar-refractivity contribution in [3.63, 3.8) is 0 Å². The Morgan fingerprint density at radius 2 is 1.90 bits per heavy atom. The Bertz CT molecular complexity index is 1020. The van der Waals surface area contributed by atoms with Crippen molar-refractivity contribution in [2.75, 3.05) is 32.8 Å². The molecule has 0 unspecified atom stereocenters. The van der Waals surface area contributed by atoms with Crippen LogP contribution >= 0.6 is 11.3 Å². The van der Waals surface area contributed by atoms with Crippen LogP contribution in [0.4, 0.5) is 0 Å². The third kappa shape index (κ3) is 4.53. The van der Waals surface area contributed by atoms with Crippen LogP contribution in [0.15, 0.2) is 57.4 Å². The molecule has 0 saturated carbocycles. The first kappa shape index (κ1) is 20.1. The second kappa shape index (κ2) is 8.66. The molecule has 3 aromatic rings. The summed E-state index contributed by atoms with van der Waals surface area (Å²) in [6, 6.07) is 10.4. The highest BCUT2D eigenvalue weighted by Crippen LogP contribution is 2.24. The second-order valence-electron chi connectivity index (χ2n) is 6.69. The fraction of sp³-hybridized carbons (Fsp3) is 0.350. The molecule has 0 N–H and O–H groups in total. The zero-order valence-corrected chi connectivity index (χ0v) is 17.8.